The van der Waals surface area contributed by atoms with Crippen molar-refractivity contribution in [1.82, 2.24) is 19.4 Å². The second kappa shape index (κ2) is 10.7. The summed E-state index contributed by atoms with van der Waals surface area (Å²) in [5.41, 5.74) is 10.0. The lowest BCUT2D eigenvalue weighted by molar-refractivity contribution is 0.312. The number of fused-ring (bicyclic) bond motifs is 1. The minimum absolute atomic E-state index is 0.128. The Bertz CT molecular complexity index is 1590. The third kappa shape index (κ3) is 5.24. The highest BCUT2D eigenvalue weighted by Crippen LogP contribution is 2.34. The predicted molar refractivity (Wildman–Crippen MR) is 156 cm³/mol. The van der Waals surface area contributed by atoms with E-state index in [4.69, 9.17) is 10.5 Å². The molecule has 0 bridgehead atoms. The third-order valence-corrected chi connectivity index (χ3v) is 9.44. The van der Waals surface area contributed by atoms with Crippen molar-refractivity contribution >= 4 is 38.3 Å². The van der Waals surface area contributed by atoms with Gasteiger partial charge >= 0.3 is 0 Å². The number of likely N-dealkylation sites (N-methyl/N-ethyl adjacent to an activating group) is 1. The molecule has 3 heterocycles. The largest absolute Gasteiger partial charge is 0.494 e. The maximum atomic E-state index is 13.0. The zero-order valence-electron chi connectivity index (χ0n) is 22.8. The van der Waals surface area contributed by atoms with Gasteiger partial charge in [0.05, 0.1) is 28.5 Å². The highest BCUT2D eigenvalue weighted by molar-refractivity contribution is 7.92. The van der Waals surface area contributed by atoms with Crippen LogP contribution in [0.3, 0.4) is 0 Å². The van der Waals surface area contributed by atoms with Crippen LogP contribution in [0.1, 0.15) is 19.4 Å². The van der Waals surface area contributed by atoms with Gasteiger partial charge in [0, 0.05) is 50.7 Å². The first-order chi connectivity index (χ1) is 18.7. The Hall–Kier alpha value is -3.83. The monoisotopic (exact) mass is 549 g/mol. The number of methoxy groups -OCH3 is 1. The lowest BCUT2D eigenvalue weighted by Gasteiger charge is -2.34. The van der Waals surface area contributed by atoms with Gasteiger partial charge < -0.3 is 30.2 Å². The molecule has 1 aliphatic heterocycles. The van der Waals surface area contributed by atoms with Crippen LogP contribution in [0.15, 0.2) is 59.6 Å². The van der Waals surface area contributed by atoms with Gasteiger partial charge in [-0.2, -0.15) is 4.98 Å². The average Bonchev–Trinajstić information content (AvgIpc) is 3.35. The van der Waals surface area contributed by atoms with Crippen LogP contribution in [0.25, 0.3) is 16.7 Å². The Morgan fingerprint density at radius 3 is 2.51 bits per heavy atom. The van der Waals surface area contributed by atoms with E-state index in [2.05, 4.69) is 44.3 Å². The fourth-order valence-corrected chi connectivity index (χ4v) is 6.16. The number of sulfone groups is 1. The molecule has 0 saturated carbocycles. The van der Waals surface area contributed by atoms with Gasteiger partial charge in [0.2, 0.25) is 5.95 Å². The summed E-state index contributed by atoms with van der Waals surface area (Å²) in [7, 11) is 0.350. The molecule has 0 amide bonds. The van der Waals surface area contributed by atoms with E-state index in [1.165, 1.54) is 0 Å². The summed E-state index contributed by atoms with van der Waals surface area (Å²) >= 11 is 0. The molecule has 0 spiro atoms. The fraction of sp³-hybridized carbons (Fsp3) is 0.357. The van der Waals surface area contributed by atoms with E-state index in [-0.39, 0.29) is 12.5 Å². The SMILES string of the molecule is COc1cc(N2CCN(C)CC2)ccc1-n1ccc2nc(N)nc(NCc3ccccc3S(=O)(=O)C(C)C)c21. The molecule has 2 aromatic heterocycles. The van der Waals surface area contributed by atoms with E-state index >= 15 is 0 Å². The molecule has 5 rings (SSSR count). The summed E-state index contributed by atoms with van der Waals surface area (Å²) in [5, 5.41) is 2.80. The van der Waals surface area contributed by atoms with E-state index in [1.54, 1.807) is 33.1 Å². The molecule has 10 nitrogen and oxygen atoms in total. The summed E-state index contributed by atoms with van der Waals surface area (Å²) in [6.45, 7) is 7.57. The van der Waals surface area contributed by atoms with Crippen LogP contribution in [0.2, 0.25) is 0 Å². The Morgan fingerprint density at radius 1 is 1.05 bits per heavy atom. The lowest BCUT2D eigenvalue weighted by atomic mass is 10.2. The number of hydrogen-bond donors (Lipinski definition) is 2. The van der Waals surface area contributed by atoms with E-state index in [0.29, 0.717) is 21.8 Å². The predicted octanol–water partition coefficient (Wildman–Crippen LogP) is 3.56. The van der Waals surface area contributed by atoms with Crippen molar-refractivity contribution in [3.63, 3.8) is 0 Å². The summed E-state index contributed by atoms with van der Waals surface area (Å²) in [4.78, 5) is 13.9. The summed E-state index contributed by atoms with van der Waals surface area (Å²) < 4.78 is 33.7. The number of nitrogen functional groups attached to an aromatic ring is 1. The molecule has 1 saturated heterocycles. The van der Waals surface area contributed by atoms with Crippen molar-refractivity contribution in [2.24, 2.45) is 0 Å². The molecule has 4 aromatic rings. The zero-order valence-corrected chi connectivity index (χ0v) is 23.6. The number of hydrogen-bond acceptors (Lipinski definition) is 9. The molecule has 39 heavy (non-hydrogen) atoms. The van der Waals surface area contributed by atoms with Gasteiger partial charge in [-0.1, -0.05) is 18.2 Å². The number of rotatable bonds is 8. The van der Waals surface area contributed by atoms with Crippen LogP contribution in [0, 0.1) is 0 Å². The highest BCUT2D eigenvalue weighted by Gasteiger charge is 2.23. The van der Waals surface area contributed by atoms with Gasteiger partial charge in [0.15, 0.2) is 15.7 Å². The molecule has 0 atom stereocenters. The number of piperazine rings is 1. The summed E-state index contributed by atoms with van der Waals surface area (Å²) in [6.07, 6.45) is 1.91. The van der Waals surface area contributed by atoms with E-state index in [1.807, 2.05) is 35.0 Å². The van der Waals surface area contributed by atoms with Crippen LogP contribution >= 0.6 is 0 Å². The molecule has 2 aromatic carbocycles. The van der Waals surface area contributed by atoms with E-state index in [9.17, 15) is 8.42 Å². The van der Waals surface area contributed by atoms with Crippen LogP contribution in [-0.2, 0) is 16.4 Å². The normalized spacial score (nSPS) is 14.7. The van der Waals surface area contributed by atoms with Gasteiger partial charge in [-0.3, -0.25) is 0 Å². The third-order valence-electron chi connectivity index (χ3n) is 7.19. The zero-order chi connectivity index (χ0) is 27.7. The quantitative estimate of drug-likeness (QED) is 0.340. The highest BCUT2D eigenvalue weighted by atomic mass is 32.2. The number of benzene rings is 2. The topological polar surface area (TPSA) is 119 Å². The molecular weight excluding hydrogens is 514 g/mol. The van der Waals surface area contributed by atoms with Crippen molar-refractivity contribution < 1.29 is 13.2 Å². The summed E-state index contributed by atoms with van der Waals surface area (Å²) in [5.74, 6) is 1.35. The minimum Gasteiger partial charge on any atom is -0.494 e. The fourth-order valence-electron chi connectivity index (χ4n) is 4.87. The number of aromatic nitrogens is 3. The molecule has 0 unspecified atom stereocenters. The number of nitrogens with two attached hydrogens (primary N) is 1. The molecular formula is C28H35N7O3S. The van der Waals surface area contributed by atoms with Crippen LogP contribution in [-0.4, -0.2) is 73.4 Å². The van der Waals surface area contributed by atoms with Crippen LogP contribution < -0.4 is 20.7 Å². The molecule has 3 N–H and O–H groups in total. The van der Waals surface area contributed by atoms with Gasteiger partial charge in [-0.05, 0) is 50.7 Å². The number of nitrogens with zero attached hydrogens (tertiary/aromatic N) is 5. The standard InChI is InChI=1S/C28H35N7O3S/c1-19(2)39(36,37)25-8-6-5-7-20(25)18-30-27-26-22(31-28(29)32-27)11-12-35(26)23-10-9-21(17-24(23)38-4)34-15-13-33(3)14-16-34/h5-12,17,19H,13-16,18H2,1-4H3,(H3,29,30,31,32). The Morgan fingerprint density at radius 2 is 1.79 bits per heavy atom. The Labute approximate surface area is 229 Å². The Kier molecular flexibility index (Phi) is 7.37. The van der Waals surface area contributed by atoms with Crippen molar-refractivity contribution in [2.75, 3.05) is 56.3 Å². The number of ether oxygens (including phenoxy) is 1. The first kappa shape index (κ1) is 26.8. The first-order valence-electron chi connectivity index (χ1n) is 13.0. The van der Waals surface area contributed by atoms with Crippen LogP contribution in [0.5, 0.6) is 5.75 Å². The van der Waals surface area contributed by atoms with Gasteiger partial charge in [0.1, 0.15) is 11.3 Å². The van der Waals surface area contributed by atoms with Crippen molar-refractivity contribution in [2.45, 2.75) is 30.5 Å². The molecule has 11 heteroatoms. The Balaban J connectivity index is 1.51. The maximum Gasteiger partial charge on any atom is 0.222 e. The molecule has 1 fully saturated rings. The van der Waals surface area contributed by atoms with Gasteiger partial charge in [0.25, 0.3) is 0 Å². The molecule has 0 radical (unpaired) electrons. The summed E-state index contributed by atoms with van der Waals surface area (Å²) in [6, 6.07) is 15.1. The van der Waals surface area contributed by atoms with Crippen molar-refractivity contribution in [3.05, 3.63) is 60.3 Å². The van der Waals surface area contributed by atoms with Gasteiger partial charge in [-0.25, -0.2) is 13.4 Å². The van der Waals surface area contributed by atoms with Gasteiger partial charge in [-0.15, -0.1) is 0 Å². The van der Waals surface area contributed by atoms with Crippen molar-refractivity contribution in [1.29, 1.82) is 0 Å². The minimum atomic E-state index is -3.45. The van der Waals surface area contributed by atoms with E-state index < -0.39 is 15.1 Å². The molecule has 206 valence electrons. The smallest absolute Gasteiger partial charge is 0.222 e. The maximum absolute atomic E-state index is 13.0. The number of anilines is 3. The lowest BCUT2D eigenvalue weighted by Crippen LogP contribution is -2.44. The second-order valence-electron chi connectivity index (χ2n) is 10.1. The molecule has 1 aliphatic rings. The van der Waals surface area contributed by atoms with Crippen LogP contribution in [0.4, 0.5) is 17.5 Å². The first-order valence-corrected chi connectivity index (χ1v) is 14.6. The average molecular weight is 550 g/mol. The van der Waals surface area contributed by atoms with Crippen molar-refractivity contribution in [3.8, 4) is 11.4 Å². The molecule has 0 aliphatic carbocycles. The van der Waals surface area contributed by atoms with E-state index in [0.717, 1.165) is 48.8 Å². The number of nitrogens with one attached hydrogen (secondary N) is 1. The second-order valence-corrected chi connectivity index (χ2v) is 12.5.